The molecule has 4 fully saturated rings. The van der Waals surface area contributed by atoms with E-state index in [4.69, 9.17) is 28.9 Å². The number of carbonyl (C=O) groups excluding carboxylic acids is 7. The molecule has 20 heteroatoms. The van der Waals surface area contributed by atoms with Crippen LogP contribution in [0, 0.1) is 55.8 Å². The number of nitriles is 1. The van der Waals surface area contributed by atoms with Crippen molar-refractivity contribution in [2.45, 2.75) is 142 Å². The molecule has 5 aliphatic rings. The predicted octanol–water partition coefficient (Wildman–Crippen LogP) is 8.16. The number of likely N-dealkylation sites (tertiary alicyclic amines) is 1. The highest BCUT2D eigenvalue weighted by atomic mass is 16.6. The number of H-pyrrole nitrogens is 1. The van der Waals surface area contributed by atoms with Gasteiger partial charge >= 0.3 is 23.9 Å². The average molecular weight is 1240 g/mol. The van der Waals surface area contributed by atoms with E-state index in [2.05, 4.69) is 34.6 Å². The largest absolute Gasteiger partial charge is 0.456 e. The van der Waals surface area contributed by atoms with Crippen molar-refractivity contribution in [3.05, 3.63) is 194 Å². The van der Waals surface area contributed by atoms with Gasteiger partial charge in [-0.2, -0.15) is 10.4 Å². The molecule has 2 aliphatic heterocycles. The zero-order valence-electron chi connectivity index (χ0n) is 52.4. The summed E-state index contributed by atoms with van der Waals surface area (Å²) < 4.78 is 30.3. The lowest BCUT2D eigenvalue weighted by atomic mass is 9.44. The third-order valence-electron chi connectivity index (χ3n) is 19.5. The van der Waals surface area contributed by atoms with Gasteiger partial charge in [0.2, 0.25) is 0 Å². The number of Topliss-reactive ketones (excluding diaryl/α,β-unsaturated/α-hetero) is 1. The number of hydrogen-bond donors (Lipinski definition) is 5. The summed E-state index contributed by atoms with van der Waals surface area (Å²) in [6, 6.07) is 36.8. The van der Waals surface area contributed by atoms with Gasteiger partial charge in [0.1, 0.15) is 23.9 Å². The van der Waals surface area contributed by atoms with Gasteiger partial charge in [0.15, 0.2) is 23.6 Å². The summed E-state index contributed by atoms with van der Waals surface area (Å²) >= 11 is 0. The summed E-state index contributed by atoms with van der Waals surface area (Å²) in [5.74, 6) is -6.45. The topological polar surface area (TPSA) is 294 Å². The van der Waals surface area contributed by atoms with Gasteiger partial charge in [-0.15, -0.1) is 0 Å². The second-order valence-electron chi connectivity index (χ2n) is 25.3. The second-order valence-corrected chi connectivity index (χ2v) is 25.3. The zero-order chi connectivity index (χ0) is 65.6. The van der Waals surface area contributed by atoms with Crippen molar-refractivity contribution in [1.29, 1.82) is 5.26 Å². The number of amides is 2. The van der Waals surface area contributed by atoms with E-state index in [0.717, 1.165) is 53.1 Å². The van der Waals surface area contributed by atoms with Gasteiger partial charge in [0.25, 0.3) is 11.8 Å². The van der Waals surface area contributed by atoms with Gasteiger partial charge in [-0.1, -0.05) is 98.8 Å². The first-order valence-electron chi connectivity index (χ1n) is 30.3. The highest BCUT2D eigenvalue weighted by molar-refractivity contribution is 5.98. The number of aliphatic hydroxyl groups is 3. The van der Waals surface area contributed by atoms with Crippen molar-refractivity contribution < 1.29 is 72.6 Å². The fourth-order valence-corrected chi connectivity index (χ4v) is 14.1. The van der Waals surface area contributed by atoms with Crippen LogP contribution in [0.4, 0.5) is 0 Å². The molecule has 6 aromatic rings. The third kappa shape index (κ3) is 11.8. The minimum Gasteiger partial charge on any atom is -0.456 e. The number of fused-ring (bicyclic) bond motifs is 5. The van der Waals surface area contributed by atoms with E-state index >= 15 is 4.79 Å². The molecule has 2 saturated carbocycles. The normalized spacial score (nSPS) is 26.1. The van der Waals surface area contributed by atoms with Crippen molar-refractivity contribution in [2.75, 3.05) is 19.7 Å². The first-order chi connectivity index (χ1) is 43.2. The van der Waals surface area contributed by atoms with Crippen LogP contribution in [-0.2, 0) is 42.9 Å². The molecule has 0 unspecified atom stereocenters. The standard InChI is InChI=1S/C47H51NO14.C24H24N4O/c1-25-31(60-43(56)36(52)35(28-16-10-7-11-17-28)48-41(54)29-18-12-8-13-19-29)23-47(57)40(61-42(55)30-20-14-9-15-21-30)38-45(6,32(51)22-33-46(38,24-58-33)62-27(3)50)39(53)37(59-26(2)49)34(25)44(47,4)5;1-14-9-15(2)22(10-21(14)23-16(3)17(4)26-27-23)24(29)28-12-20(13-28)19-7-5-18(11-25)6-8-19/h7-21,31-33,35-38,40,51-52,57H,22-24H2,1-6H3,(H,48,54);5-10,20H,12-13H2,1-4H3,(H,26,27)/t31-,32-,33+,35-,36+,37+,38-,40-,45+,46-,47+;/m0./s1. The molecule has 5 N–H and O–H groups in total. The number of ketones is 1. The molecule has 3 heterocycles. The van der Waals surface area contributed by atoms with E-state index in [1.165, 1.54) is 31.5 Å². The number of aryl methyl sites for hydroxylation is 3. The second kappa shape index (κ2) is 25.3. The number of aromatic amines is 1. The Morgan fingerprint density at radius 2 is 1.42 bits per heavy atom. The summed E-state index contributed by atoms with van der Waals surface area (Å²) in [6.07, 6.45) is -10.5. The lowest BCUT2D eigenvalue weighted by Gasteiger charge is -2.67. The lowest BCUT2D eigenvalue weighted by Crippen LogP contribution is -2.82. The quantitative estimate of drug-likeness (QED) is 0.0414. The highest BCUT2D eigenvalue weighted by Crippen LogP contribution is 2.64. The molecule has 11 rings (SSSR count). The van der Waals surface area contributed by atoms with E-state index in [0.29, 0.717) is 30.1 Å². The summed E-state index contributed by atoms with van der Waals surface area (Å²) in [5.41, 5.74) is 1.73. The molecule has 3 aliphatic carbocycles. The molecule has 0 spiro atoms. The smallest absolute Gasteiger partial charge is 0.338 e. The third-order valence-corrected chi connectivity index (χ3v) is 19.5. The number of rotatable bonds is 13. The Labute approximate surface area is 527 Å². The van der Waals surface area contributed by atoms with Crippen LogP contribution in [0.3, 0.4) is 0 Å². The Morgan fingerprint density at radius 3 is 1.98 bits per heavy atom. The molecular weight excluding hydrogens is 1160 g/mol. The van der Waals surface area contributed by atoms with Crippen LogP contribution >= 0.6 is 0 Å². The number of esters is 4. The van der Waals surface area contributed by atoms with Crippen LogP contribution in [0.1, 0.15) is 136 Å². The highest BCUT2D eigenvalue weighted by Gasteiger charge is 2.78. The average Bonchev–Trinajstić information content (AvgIpc) is 0.865. The van der Waals surface area contributed by atoms with Gasteiger partial charge in [0.05, 0.1) is 53.0 Å². The Morgan fingerprint density at radius 1 is 0.802 bits per heavy atom. The van der Waals surface area contributed by atoms with Gasteiger partial charge in [-0.25, -0.2) is 9.59 Å². The molecule has 1 aromatic heterocycles. The summed E-state index contributed by atoms with van der Waals surface area (Å²) in [5, 5.41) is 56.7. The van der Waals surface area contributed by atoms with Crippen molar-refractivity contribution in [3.8, 4) is 17.3 Å². The van der Waals surface area contributed by atoms with E-state index in [1.807, 2.05) is 56.0 Å². The number of hydrogen-bond acceptors (Lipinski definition) is 17. The molecule has 91 heavy (non-hydrogen) atoms. The molecule has 5 aromatic carbocycles. The molecule has 20 nitrogen and oxygen atoms in total. The number of aromatic nitrogens is 2. The maximum absolute atomic E-state index is 15.5. The molecule has 2 bridgehead atoms. The Hall–Kier alpha value is -9.13. The summed E-state index contributed by atoms with van der Waals surface area (Å²) in [6.45, 7) is 17.5. The number of aliphatic hydroxyl groups excluding tert-OH is 2. The fourth-order valence-electron chi connectivity index (χ4n) is 14.1. The molecule has 2 amide bonds. The van der Waals surface area contributed by atoms with E-state index in [-0.39, 0.29) is 41.2 Å². The van der Waals surface area contributed by atoms with Crippen LogP contribution in [0.15, 0.2) is 139 Å². The molecular formula is C71H75N5O15. The minimum atomic E-state index is -2.39. The zero-order valence-corrected chi connectivity index (χ0v) is 52.4. The SMILES string of the molecule is CC(=O)O[C@H]1C(=O)[C@@]2(C)[C@H]([C@H](OC(=O)c3ccccc3)[C@]3(O)C[C@H](OC(=O)[C@H](O)[C@@H](NC(=O)c4ccccc4)c4ccccc4)C(C)=C1C3(C)C)[C@]1(OC(C)=O)CO[C@@H]1C[C@@H]2O.Cc1cc(C)c(-c2n[nH]c(C)c2C)cc1C(=O)N1CC(c2ccc(C#N)cc2)C1. The first-order valence-corrected chi connectivity index (χ1v) is 30.3. The fraction of sp³-hybridized carbons (Fsp3) is 0.394. The Kier molecular flexibility index (Phi) is 18.0. The van der Waals surface area contributed by atoms with Crippen molar-refractivity contribution in [2.24, 2.45) is 16.7 Å². The monoisotopic (exact) mass is 1240 g/mol. The first kappa shape index (κ1) is 64.8. The number of ether oxygens (including phenoxy) is 5. The maximum atomic E-state index is 15.5. The minimum absolute atomic E-state index is 0.00289. The van der Waals surface area contributed by atoms with Crippen LogP contribution < -0.4 is 5.32 Å². The summed E-state index contributed by atoms with van der Waals surface area (Å²) in [4.78, 5) is 98.5. The predicted molar refractivity (Wildman–Crippen MR) is 330 cm³/mol. The maximum Gasteiger partial charge on any atom is 0.338 e. The van der Waals surface area contributed by atoms with Crippen LogP contribution in [0.5, 0.6) is 0 Å². The Bertz CT molecular complexity index is 3890. The van der Waals surface area contributed by atoms with Crippen LogP contribution in [-0.4, -0.2) is 139 Å². The van der Waals surface area contributed by atoms with E-state index in [9.17, 15) is 44.1 Å². The number of carbonyl (C=O) groups is 7. The number of nitrogens with zero attached hydrogens (tertiary/aromatic N) is 3. The summed E-state index contributed by atoms with van der Waals surface area (Å²) in [7, 11) is 0. The number of benzene rings is 5. The van der Waals surface area contributed by atoms with E-state index in [1.54, 1.807) is 92.7 Å². The van der Waals surface area contributed by atoms with Gasteiger partial charge in [-0.05, 0) is 123 Å². The van der Waals surface area contributed by atoms with E-state index < -0.39 is 113 Å². The lowest BCUT2D eigenvalue weighted by molar-refractivity contribution is -0.346. The van der Waals surface area contributed by atoms with Gasteiger partial charge < -0.3 is 49.2 Å². The van der Waals surface area contributed by atoms with Crippen LogP contribution in [0.2, 0.25) is 0 Å². The van der Waals surface area contributed by atoms with Crippen LogP contribution in [0.25, 0.3) is 11.3 Å². The molecule has 11 atom stereocenters. The molecule has 474 valence electrons. The van der Waals surface area contributed by atoms with Crippen molar-refractivity contribution in [1.82, 2.24) is 20.4 Å². The van der Waals surface area contributed by atoms with Crippen molar-refractivity contribution >= 4 is 41.5 Å². The van der Waals surface area contributed by atoms with Crippen molar-refractivity contribution in [3.63, 3.8) is 0 Å². The number of nitrogens with one attached hydrogen (secondary N) is 2. The molecule has 2 saturated heterocycles. The molecule has 0 radical (unpaired) electrons. The van der Waals surface area contributed by atoms with Gasteiger partial charge in [0, 0.05) is 73.5 Å². The van der Waals surface area contributed by atoms with Gasteiger partial charge in [-0.3, -0.25) is 29.1 Å². The Balaban J connectivity index is 0.000000260.